The summed E-state index contributed by atoms with van der Waals surface area (Å²) in [6.45, 7) is 3.55. The molecule has 1 rings (SSSR count). The Labute approximate surface area is 225 Å². The Kier molecular flexibility index (Phi) is 22.1. The Morgan fingerprint density at radius 1 is 0.667 bits per heavy atom. The Balaban J connectivity index is -0.000000449. The van der Waals surface area contributed by atoms with Crippen LogP contribution in [0.5, 0.6) is 0 Å². The number of carbonyl (C=O) groups excluding carboxylic acids is 2. The van der Waals surface area contributed by atoms with Crippen molar-refractivity contribution in [3.05, 3.63) is 35.9 Å². The number of nitrogens with two attached hydrogens (primary N) is 6. The fraction of sp³-hybridized carbons (Fsp3) is 0.478. The third-order valence-corrected chi connectivity index (χ3v) is 4.38. The lowest BCUT2D eigenvalue weighted by Gasteiger charge is -2.07. The number of amides is 2. The van der Waals surface area contributed by atoms with Crippen LogP contribution in [0.1, 0.15) is 38.7 Å². The SMILES string of the molecule is CC(C)C(N)C(=O)O.NC(=O)CC(N)C(=O)O.NC(=O)CCC(N)C(=O)O.NC(Cc1ccccc1)C(=O)O. The van der Waals surface area contributed by atoms with Crippen LogP contribution in [0.25, 0.3) is 0 Å². The molecule has 0 radical (unpaired) electrons. The number of aliphatic carboxylic acids is 4. The summed E-state index contributed by atoms with van der Waals surface area (Å²) in [4.78, 5) is 60.4. The van der Waals surface area contributed by atoms with Crippen molar-refractivity contribution < 1.29 is 49.2 Å². The third kappa shape index (κ3) is 25.3. The van der Waals surface area contributed by atoms with Gasteiger partial charge in [0.25, 0.3) is 0 Å². The second kappa shape index (κ2) is 21.9. The van der Waals surface area contributed by atoms with Crippen LogP contribution in [0.15, 0.2) is 30.3 Å². The first-order chi connectivity index (χ1) is 17.8. The Bertz CT molecular complexity index is 914. The summed E-state index contributed by atoms with van der Waals surface area (Å²) in [5, 5.41) is 33.1. The summed E-state index contributed by atoms with van der Waals surface area (Å²) in [6, 6.07) is 5.69. The van der Waals surface area contributed by atoms with Gasteiger partial charge in [0.05, 0.1) is 6.42 Å². The first-order valence-corrected chi connectivity index (χ1v) is 11.4. The van der Waals surface area contributed by atoms with Crippen molar-refractivity contribution in [2.75, 3.05) is 0 Å². The van der Waals surface area contributed by atoms with E-state index in [2.05, 4.69) is 5.73 Å². The number of carbonyl (C=O) groups is 6. The van der Waals surface area contributed by atoms with Crippen molar-refractivity contribution in [2.45, 2.75) is 63.7 Å². The number of hydrogen-bond acceptors (Lipinski definition) is 10. The van der Waals surface area contributed by atoms with Crippen molar-refractivity contribution in [3.8, 4) is 0 Å². The Morgan fingerprint density at radius 2 is 1.10 bits per heavy atom. The number of carboxylic acids is 4. The van der Waals surface area contributed by atoms with Gasteiger partial charge in [0.2, 0.25) is 11.8 Å². The summed E-state index contributed by atoms with van der Waals surface area (Å²) in [7, 11) is 0. The predicted molar refractivity (Wildman–Crippen MR) is 140 cm³/mol. The number of carboxylic acid groups (broad SMARTS) is 4. The van der Waals surface area contributed by atoms with Gasteiger partial charge in [0.1, 0.15) is 24.2 Å². The van der Waals surface area contributed by atoms with E-state index in [1.807, 2.05) is 30.3 Å². The molecule has 0 aromatic heterocycles. The molecule has 0 spiro atoms. The summed E-state index contributed by atoms with van der Waals surface area (Å²) in [6.07, 6.45) is 0.198. The van der Waals surface area contributed by atoms with Crippen LogP contribution < -0.4 is 34.4 Å². The number of benzene rings is 1. The minimum Gasteiger partial charge on any atom is -0.480 e. The molecule has 0 bridgehead atoms. The molecule has 0 saturated carbocycles. The van der Waals surface area contributed by atoms with Crippen molar-refractivity contribution in [1.82, 2.24) is 0 Å². The van der Waals surface area contributed by atoms with Gasteiger partial charge in [-0.25, -0.2) is 0 Å². The largest absolute Gasteiger partial charge is 0.480 e. The predicted octanol–water partition coefficient (Wildman–Crippen LogP) is -2.37. The van der Waals surface area contributed by atoms with Crippen molar-refractivity contribution >= 4 is 35.7 Å². The van der Waals surface area contributed by atoms with Crippen LogP contribution in [0.3, 0.4) is 0 Å². The molecule has 39 heavy (non-hydrogen) atoms. The molecule has 0 aliphatic heterocycles. The van der Waals surface area contributed by atoms with Crippen LogP contribution in [0.4, 0.5) is 0 Å². The van der Waals surface area contributed by atoms with Crippen LogP contribution in [0, 0.1) is 5.92 Å². The molecule has 2 amide bonds. The Morgan fingerprint density at radius 3 is 1.36 bits per heavy atom. The minimum atomic E-state index is -1.21. The van der Waals surface area contributed by atoms with Gasteiger partial charge in [-0.1, -0.05) is 44.2 Å². The zero-order chi connectivity index (χ0) is 31.3. The molecule has 1 aromatic carbocycles. The fourth-order valence-corrected chi connectivity index (χ4v) is 1.97. The van der Waals surface area contributed by atoms with E-state index in [1.54, 1.807) is 13.8 Å². The molecular weight excluding hydrogens is 520 g/mol. The van der Waals surface area contributed by atoms with Crippen molar-refractivity contribution in [1.29, 1.82) is 0 Å². The van der Waals surface area contributed by atoms with Crippen molar-refractivity contribution in [2.24, 2.45) is 40.3 Å². The quantitative estimate of drug-likeness (QED) is 0.128. The van der Waals surface area contributed by atoms with Gasteiger partial charge in [0.15, 0.2) is 0 Å². The molecule has 16 heteroatoms. The second-order valence-electron chi connectivity index (χ2n) is 8.31. The zero-order valence-electron chi connectivity index (χ0n) is 21.8. The van der Waals surface area contributed by atoms with E-state index < -0.39 is 59.9 Å². The van der Waals surface area contributed by atoms with E-state index >= 15 is 0 Å². The lowest BCUT2D eigenvalue weighted by Crippen LogP contribution is -2.34. The maximum Gasteiger partial charge on any atom is 0.321 e. The molecule has 0 aliphatic carbocycles. The minimum absolute atomic E-state index is 0.0208. The Hall–Kier alpha value is -4.12. The lowest BCUT2D eigenvalue weighted by atomic mass is 10.1. The monoisotopic (exact) mass is 560 g/mol. The fourth-order valence-electron chi connectivity index (χ4n) is 1.97. The van der Waals surface area contributed by atoms with E-state index in [0.29, 0.717) is 6.42 Å². The molecule has 0 heterocycles. The molecule has 16 N–H and O–H groups in total. The summed E-state index contributed by atoms with van der Waals surface area (Å²) in [5.41, 5.74) is 30.8. The first kappa shape index (κ1) is 39.4. The molecule has 16 nitrogen and oxygen atoms in total. The topological polar surface area (TPSA) is 339 Å². The lowest BCUT2D eigenvalue weighted by molar-refractivity contribution is -0.140. The molecule has 1 aromatic rings. The highest BCUT2D eigenvalue weighted by Crippen LogP contribution is 2.01. The van der Waals surface area contributed by atoms with E-state index in [-0.39, 0.29) is 25.2 Å². The zero-order valence-corrected chi connectivity index (χ0v) is 21.8. The standard InChI is InChI=1S/C9H11NO2.C5H10N2O3.C5H11NO2.C4H8N2O3/c10-8(9(11)12)6-7-4-2-1-3-5-7;6-3(5(9)10)1-2-4(7)8;1-3(2)4(6)5(7)8;5-2(4(8)9)1-3(6)7/h1-5,8H,6,10H2,(H,11,12);3H,1-2,6H2,(H2,7,8)(H,9,10);3-4H,6H2,1-2H3,(H,7,8);2H,1,5H2,(H2,6,7)(H,8,9). The third-order valence-electron chi connectivity index (χ3n) is 4.38. The first-order valence-electron chi connectivity index (χ1n) is 11.4. The molecule has 0 fully saturated rings. The van der Waals surface area contributed by atoms with E-state index in [0.717, 1.165) is 5.56 Å². The highest BCUT2D eigenvalue weighted by Gasteiger charge is 2.15. The van der Waals surface area contributed by atoms with Gasteiger partial charge < -0.3 is 54.8 Å². The number of hydrogen-bond donors (Lipinski definition) is 10. The molecule has 222 valence electrons. The summed E-state index contributed by atoms with van der Waals surface area (Å²) in [5.74, 6) is -5.43. The van der Waals surface area contributed by atoms with E-state index in [1.165, 1.54) is 0 Å². The molecular formula is C23H40N6O10. The van der Waals surface area contributed by atoms with Gasteiger partial charge in [-0.15, -0.1) is 0 Å². The van der Waals surface area contributed by atoms with Gasteiger partial charge in [-0.2, -0.15) is 0 Å². The highest BCUT2D eigenvalue weighted by atomic mass is 16.4. The average molecular weight is 561 g/mol. The van der Waals surface area contributed by atoms with Gasteiger partial charge >= 0.3 is 23.9 Å². The highest BCUT2D eigenvalue weighted by molar-refractivity contribution is 5.83. The molecule has 4 unspecified atom stereocenters. The van der Waals surface area contributed by atoms with E-state index in [4.69, 9.17) is 49.1 Å². The van der Waals surface area contributed by atoms with Crippen LogP contribution in [-0.2, 0) is 35.2 Å². The van der Waals surface area contributed by atoms with Gasteiger partial charge in [-0.05, 0) is 24.3 Å². The maximum atomic E-state index is 10.4. The number of primary amides is 2. The van der Waals surface area contributed by atoms with Crippen LogP contribution in [0.2, 0.25) is 0 Å². The summed E-state index contributed by atoms with van der Waals surface area (Å²) < 4.78 is 0. The smallest absolute Gasteiger partial charge is 0.321 e. The van der Waals surface area contributed by atoms with Crippen LogP contribution >= 0.6 is 0 Å². The average Bonchev–Trinajstić information content (AvgIpc) is 2.83. The normalized spacial score (nSPS) is 12.8. The molecule has 0 aliphatic rings. The molecule has 0 saturated heterocycles. The van der Waals surface area contributed by atoms with Gasteiger partial charge in [0, 0.05) is 6.42 Å². The maximum absolute atomic E-state index is 10.4. The van der Waals surface area contributed by atoms with Gasteiger partial charge in [-0.3, -0.25) is 28.8 Å². The van der Waals surface area contributed by atoms with Crippen LogP contribution in [-0.4, -0.2) is 80.3 Å². The second-order valence-corrected chi connectivity index (χ2v) is 8.31. The summed E-state index contributed by atoms with van der Waals surface area (Å²) >= 11 is 0. The van der Waals surface area contributed by atoms with E-state index in [9.17, 15) is 28.8 Å². The molecule has 4 atom stereocenters. The van der Waals surface area contributed by atoms with Crippen molar-refractivity contribution in [3.63, 3.8) is 0 Å². The number of rotatable bonds is 12.